The molecule has 0 unspecified atom stereocenters. The number of allylic oxidation sites excluding steroid dienone is 1. The van der Waals surface area contributed by atoms with Gasteiger partial charge in [0.2, 0.25) is 0 Å². The van der Waals surface area contributed by atoms with Crippen LogP contribution in [0.15, 0.2) is 42.7 Å². The summed E-state index contributed by atoms with van der Waals surface area (Å²) in [6.45, 7) is 4.88. The highest BCUT2D eigenvalue weighted by atomic mass is 35.5. The van der Waals surface area contributed by atoms with Gasteiger partial charge in [0.05, 0.1) is 0 Å². The van der Waals surface area contributed by atoms with E-state index in [1.54, 1.807) is 30.3 Å². The van der Waals surface area contributed by atoms with Crippen LogP contribution < -0.4 is 0 Å². The number of ether oxygens (including phenoxy) is 1. The molecule has 4 heteroatoms. The summed E-state index contributed by atoms with van der Waals surface area (Å²) >= 11 is 5.76. The van der Waals surface area contributed by atoms with Crippen molar-refractivity contribution in [2.75, 3.05) is 0 Å². The molecule has 0 aromatic heterocycles. The lowest BCUT2D eigenvalue weighted by Gasteiger charge is -2.04. The molecule has 0 heterocycles. The fourth-order valence-corrected chi connectivity index (χ4v) is 1.35. The molecule has 0 saturated carbocycles. The Morgan fingerprint density at radius 3 is 2.44 bits per heavy atom. The third kappa shape index (κ3) is 4.97. The van der Waals surface area contributed by atoms with Crippen LogP contribution in [0.3, 0.4) is 0 Å². The average molecular weight is 265 g/mol. The van der Waals surface area contributed by atoms with E-state index in [0.29, 0.717) is 10.8 Å². The van der Waals surface area contributed by atoms with Gasteiger partial charge >= 0.3 is 5.97 Å². The molecule has 0 spiro atoms. The Balaban J connectivity index is 2.77. The first-order valence-electron chi connectivity index (χ1n) is 5.31. The van der Waals surface area contributed by atoms with E-state index >= 15 is 0 Å². The number of hydrogen-bond acceptors (Lipinski definition) is 3. The average Bonchev–Trinajstić information content (AvgIpc) is 2.30. The van der Waals surface area contributed by atoms with Gasteiger partial charge in [-0.1, -0.05) is 30.3 Å². The minimum absolute atomic E-state index is 0.241. The number of carbonyl (C=O) groups is 2. The van der Waals surface area contributed by atoms with Crippen molar-refractivity contribution >= 4 is 29.4 Å². The highest BCUT2D eigenvalue weighted by Gasteiger charge is 2.08. The van der Waals surface area contributed by atoms with Crippen LogP contribution in [-0.4, -0.2) is 11.8 Å². The van der Waals surface area contributed by atoms with Gasteiger partial charge in [-0.15, -0.1) is 0 Å². The normalized spacial score (nSPS) is 10.9. The van der Waals surface area contributed by atoms with E-state index in [2.05, 4.69) is 6.58 Å². The van der Waals surface area contributed by atoms with Crippen LogP contribution >= 0.6 is 11.6 Å². The highest BCUT2D eigenvalue weighted by molar-refractivity contribution is 6.30. The summed E-state index contributed by atoms with van der Waals surface area (Å²) in [6.07, 6.45) is 2.81. The van der Waals surface area contributed by atoms with E-state index in [1.807, 2.05) is 0 Å². The summed E-state index contributed by atoms with van der Waals surface area (Å²) in [4.78, 5) is 22.1. The molecule has 18 heavy (non-hydrogen) atoms. The molecule has 3 nitrogen and oxygen atoms in total. The molecule has 1 aromatic carbocycles. The van der Waals surface area contributed by atoms with Crippen LogP contribution in [0.5, 0.6) is 0 Å². The maximum atomic E-state index is 11.3. The lowest BCUT2D eigenvalue weighted by Crippen LogP contribution is -2.07. The summed E-state index contributed by atoms with van der Waals surface area (Å²) in [5.41, 5.74) is 0.824. The number of Topliss-reactive ketones (excluding diaryl/α,β-unsaturated/α-hetero) is 1. The number of hydrogen-bond donors (Lipinski definition) is 0. The van der Waals surface area contributed by atoms with Gasteiger partial charge in [0.15, 0.2) is 0 Å². The Morgan fingerprint density at radius 1 is 1.33 bits per heavy atom. The van der Waals surface area contributed by atoms with Gasteiger partial charge in [-0.25, -0.2) is 0 Å². The smallest absolute Gasteiger partial charge is 0.318 e. The van der Waals surface area contributed by atoms with E-state index in [-0.39, 0.29) is 12.2 Å². The van der Waals surface area contributed by atoms with Crippen molar-refractivity contribution in [1.29, 1.82) is 0 Å². The SMILES string of the molecule is C=C/C(=C\c1ccc(Cl)cc1)OC(=O)CC(C)=O. The summed E-state index contributed by atoms with van der Waals surface area (Å²) in [5.74, 6) is -0.541. The molecule has 0 aliphatic heterocycles. The maximum Gasteiger partial charge on any atom is 0.318 e. The maximum absolute atomic E-state index is 11.3. The second-order valence-corrected chi connectivity index (χ2v) is 4.09. The molecule has 0 N–H and O–H groups in total. The topological polar surface area (TPSA) is 43.4 Å². The van der Waals surface area contributed by atoms with Gasteiger partial charge in [-0.05, 0) is 36.8 Å². The zero-order valence-corrected chi connectivity index (χ0v) is 10.7. The number of ketones is 1. The van der Waals surface area contributed by atoms with Crippen molar-refractivity contribution in [3.8, 4) is 0 Å². The van der Waals surface area contributed by atoms with Crippen molar-refractivity contribution in [2.24, 2.45) is 0 Å². The van der Waals surface area contributed by atoms with Crippen LogP contribution in [0.2, 0.25) is 5.02 Å². The van der Waals surface area contributed by atoms with E-state index in [0.717, 1.165) is 5.56 Å². The fraction of sp³-hybridized carbons (Fsp3) is 0.143. The van der Waals surface area contributed by atoms with Gasteiger partial charge in [-0.2, -0.15) is 0 Å². The quantitative estimate of drug-likeness (QED) is 0.354. The van der Waals surface area contributed by atoms with Crippen molar-refractivity contribution in [3.63, 3.8) is 0 Å². The first-order chi connectivity index (χ1) is 8.51. The Morgan fingerprint density at radius 2 is 1.94 bits per heavy atom. The molecule has 0 atom stereocenters. The van der Waals surface area contributed by atoms with E-state index < -0.39 is 5.97 Å². The van der Waals surface area contributed by atoms with Crippen LogP contribution in [0, 0.1) is 0 Å². The van der Waals surface area contributed by atoms with Crippen LogP contribution in [0.1, 0.15) is 18.9 Å². The van der Waals surface area contributed by atoms with E-state index in [4.69, 9.17) is 16.3 Å². The highest BCUT2D eigenvalue weighted by Crippen LogP contribution is 2.14. The minimum Gasteiger partial charge on any atom is -0.426 e. The number of benzene rings is 1. The molecular formula is C14H13ClO3. The summed E-state index contributed by atoms with van der Waals surface area (Å²) in [6, 6.07) is 7.02. The molecule has 0 fully saturated rings. The second kappa shape index (κ2) is 6.77. The van der Waals surface area contributed by atoms with Crippen molar-refractivity contribution < 1.29 is 14.3 Å². The third-order valence-corrected chi connectivity index (χ3v) is 2.26. The van der Waals surface area contributed by atoms with Crippen LogP contribution in [0.4, 0.5) is 0 Å². The molecule has 94 valence electrons. The summed E-state index contributed by atoms with van der Waals surface area (Å²) < 4.78 is 4.99. The number of rotatable bonds is 5. The molecule has 0 saturated heterocycles. The van der Waals surface area contributed by atoms with Crippen molar-refractivity contribution in [1.82, 2.24) is 0 Å². The van der Waals surface area contributed by atoms with Crippen molar-refractivity contribution in [2.45, 2.75) is 13.3 Å². The molecule has 1 rings (SSSR count). The molecule has 0 aliphatic carbocycles. The van der Waals surface area contributed by atoms with Crippen LogP contribution in [0.25, 0.3) is 6.08 Å². The fourth-order valence-electron chi connectivity index (χ4n) is 1.22. The Hall–Kier alpha value is -1.87. The third-order valence-electron chi connectivity index (χ3n) is 2.01. The zero-order chi connectivity index (χ0) is 13.5. The zero-order valence-electron chi connectivity index (χ0n) is 9.98. The Bertz CT molecular complexity index is 486. The van der Waals surface area contributed by atoms with Gasteiger partial charge in [0.25, 0.3) is 0 Å². The Labute approximate surface area is 111 Å². The van der Waals surface area contributed by atoms with E-state index in [1.165, 1.54) is 13.0 Å². The molecule has 1 aromatic rings. The molecular weight excluding hydrogens is 252 g/mol. The minimum atomic E-state index is -0.595. The largest absolute Gasteiger partial charge is 0.426 e. The molecule has 0 radical (unpaired) electrons. The van der Waals surface area contributed by atoms with Crippen molar-refractivity contribution in [3.05, 3.63) is 53.3 Å². The standard InChI is InChI=1S/C14H13ClO3/c1-3-13(18-14(17)8-10(2)16)9-11-4-6-12(15)7-5-11/h3-7,9H,1,8H2,2H3/b13-9+. The number of carbonyl (C=O) groups excluding carboxylic acids is 2. The lowest BCUT2D eigenvalue weighted by molar-refractivity contribution is -0.141. The van der Waals surface area contributed by atoms with Crippen LogP contribution in [-0.2, 0) is 14.3 Å². The lowest BCUT2D eigenvalue weighted by atomic mass is 10.2. The van der Waals surface area contributed by atoms with Gasteiger partial charge < -0.3 is 4.74 Å². The second-order valence-electron chi connectivity index (χ2n) is 3.66. The molecule has 0 aliphatic rings. The molecule has 0 amide bonds. The predicted octanol–water partition coefficient (Wildman–Crippen LogP) is 3.39. The predicted molar refractivity (Wildman–Crippen MR) is 71.0 cm³/mol. The molecule has 0 bridgehead atoms. The first kappa shape index (κ1) is 14.2. The number of halogens is 1. The summed E-state index contributed by atoms with van der Waals surface area (Å²) in [7, 11) is 0. The van der Waals surface area contributed by atoms with Gasteiger partial charge in [-0.3, -0.25) is 9.59 Å². The first-order valence-corrected chi connectivity index (χ1v) is 5.69. The van der Waals surface area contributed by atoms with E-state index in [9.17, 15) is 9.59 Å². The number of esters is 1. The Kier molecular flexibility index (Phi) is 5.33. The summed E-state index contributed by atoms with van der Waals surface area (Å²) in [5, 5.41) is 0.626. The van der Waals surface area contributed by atoms with Gasteiger partial charge in [0, 0.05) is 5.02 Å². The van der Waals surface area contributed by atoms with Gasteiger partial charge in [0.1, 0.15) is 18.0 Å². The monoisotopic (exact) mass is 264 g/mol.